The molecule has 4 nitrogen and oxygen atoms in total. The predicted octanol–water partition coefficient (Wildman–Crippen LogP) is 2.82. The normalized spacial score (nSPS) is 31.7. The zero-order chi connectivity index (χ0) is 13.9. The van der Waals surface area contributed by atoms with Gasteiger partial charge in [-0.05, 0) is 44.9 Å². The highest BCUT2D eigenvalue weighted by Gasteiger charge is 2.39. The van der Waals surface area contributed by atoms with E-state index in [-0.39, 0.29) is 18.0 Å². The van der Waals surface area contributed by atoms with Crippen LogP contribution >= 0.6 is 0 Å². The van der Waals surface area contributed by atoms with Crippen molar-refractivity contribution in [2.75, 3.05) is 19.6 Å². The number of Topliss-reactive ketones (excluding diaryl/α,β-unsaturated/α-hetero) is 1. The SMILES string of the molecule is O=C1CCCCC1C1CCCCN1C(=O)N1CCCC1. The summed E-state index contributed by atoms with van der Waals surface area (Å²) in [6.07, 6.45) is 9.46. The van der Waals surface area contributed by atoms with Gasteiger partial charge in [-0.25, -0.2) is 4.79 Å². The molecule has 0 aromatic heterocycles. The number of amides is 2. The fraction of sp³-hybridized carbons (Fsp3) is 0.875. The van der Waals surface area contributed by atoms with Crippen molar-refractivity contribution in [1.82, 2.24) is 9.80 Å². The number of urea groups is 1. The molecule has 1 aliphatic carbocycles. The van der Waals surface area contributed by atoms with Gasteiger partial charge in [0.25, 0.3) is 0 Å². The molecule has 3 fully saturated rings. The van der Waals surface area contributed by atoms with Gasteiger partial charge in [0.2, 0.25) is 0 Å². The number of carbonyl (C=O) groups is 2. The van der Waals surface area contributed by atoms with Gasteiger partial charge >= 0.3 is 6.03 Å². The van der Waals surface area contributed by atoms with Crippen LogP contribution in [0.3, 0.4) is 0 Å². The number of piperidine rings is 1. The van der Waals surface area contributed by atoms with E-state index < -0.39 is 0 Å². The van der Waals surface area contributed by atoms with Gasteiger partial charge in [0.05, 0.1) is 0 Å². The number of likely N-dealkylation sites (tertiary alicyclic amines) is 2. The summed E-state index contributed by atoms with van der Waals surface area (Å²) >= 11 is 0. The van der Waals surface area contributed by atoms with E-state index in [0.717, 1.165) is 77.4 Å². The Kier molecular flexibility index (Phi) is 4.27. The van der Waals surface area contributed by atoms with Crippen LogP contribution < -0.4 is 0 Å². The highest BCUT2D eigenvalue weighted by atomic mass is 16.2. The number of ketones is 1. The summed E-state index contributed by atoms with van der Waals surface area (Å²) in [4.78, 5) is 29.0. The fourth-order valence-corrected chi connectivity index (χ4v) is 4.12. The Bertz CT molecular complexity index is 377. The Balaban J connectivity index is 1.72. The molecule has 2 amide bonds. The van der Waals surface area contributed by atoms with Gasteiger partial charge in [0.15, 0.2) is 0 Å². The van der Waals surface area contributed by atoms with Crippen LogP contribution in [0.1, 0.15) is 57.8 Å². The summed E-state index contributed by atoms with van der Waals surface area (Å²) in [7, 11) is 0. The second kappa shape index (κ2) is 6.15. The van der Waals surface area contributed by atoms with Crippen molar-refractivity contribution in [3.05, 3.63) is 0 Å². The molecule has 0 spiro atoms. The van der Waals surface area contributed by atoms with Gasteiger partial charge in [-0.2, -0.15) is 0 Å². The first kappa shape index (κ1) is 13.9. The van der Waals surface area contributed by atoms with Crippen LogP contribution in [0, 0.1) is 5.92 Å². The average molecular weight is 278 g/mol. The van der Waals surface area contributed by atoms with Crippen molar-refractivity contribution in [3.63, 3.8) is 0 Å². The zero-order valence-electron chi connectivity index (χ0n) is 12.4. The molecule has 4 heteroatoms. The van der Waals surface area contributed by atoms with Gasteiger partial charge in [-0.1, -0.05) is 6.42 Å². The monoisotopic (exact) mass is 278 g/mol. The van der Waals surface area contributed by atoms with Gasteiger partial charge in [-0.3, -0.25) is 4.79 Å². The molecule has 2 heterocycles. The van der Waals surface area contributed by atoms with Crippen LogP contribution in [-0.4, -0.2) is 47.3 Å². The summed E-state index contributed by atoms with van der Waals surface area (Å²) in [6.45, 7) is 2.66. The summed E-state index contributed by atoms with van der Waals surface area (Å²) in [5.74, 6) is 0.526. The van der Waals surface area contributed by atoms with E-state index in [1.165, 1.54) is 0 Å². The van der Waals surface area contributed by atoms with Crippen LogP contribution in [-0.2, 0) is 4.79 Å². The number of hydrogen-bond donors (Lipinski definition) is 0. The van der Waals surface area contributed by atoms with Crippen molar-refractivity contribution in [3.8, 4) is 0 Å². The van der Waals surface area contributed by atoms with Gasteiger partial charge < -0.3 is 9.80 Å². The quantitative estimate of drug-likeness (QED) is 0.740. The summed E-state index contributed by atoms with van der Waals surface area (Å²) in [6, 6.07) is 0.384. The molecule has 2 unspecified atom stereocenters. The lowest BCUT2D eigenvalue weighted by Crippen LogP contribution is -2.53. The van der Waals surface area contributed by atoms with E-state index in [9.17, 15) is 9.59 Å². The maximum Gasteiger partial charge on any atom is 0.320 e. The standard InChI is InChI=1S/C16H26N2O2/c19-15-9-2-1-7-13(15)14-8-3-4-12-18(14)16(20)17-10-5-6-11-17/h13-14H,1-12H2. The maximum absolute atomic E-state index is 12.7. The smallest absolute Gasteiger partial charge is 0.320 e. The lowest BCUT2D eigenvalue weighted by atomic mass is 9.79. The lowest BCUT2D eigenvalue weighted by Gasteiger charge is -2.42. The van der Waals surface area contributed by atoms with Crippen LogP contribution in [0.5, 0.6) is 0 Å². The molecule has 1 saturated carbocycles. The third kappa shape index (κ3) is 2.70. The molecule has 2 atom stereocenters. The van der Waals surface area contributed by atoms with Crippen molar-refractivity contribution >= 4 is 11.8 Å². The van der Waals surface area contributed by atoms with Crippen molar-refractivity contribution in [2.45, 2.75) is 63.8 Å². The Labute approximate surface area is 121 Å². The summed E-state index contributed by atoms with van der Waals surface area (Å²) in [5.41, 5.74) is 0. The molecule has 2 aliphatic heterocycles. The highest BCUT2D eigenvalue weighted by molar-refractivity contribution is 5.83. The molecule has 2 saturated heterocycles. The van der Waals surface area contributed by atoms with Crippen molar-refractivity contribution in [1.29, 1.82) is 0 Å². The van der Waals surface area contributed by atoms with E-state index >= 15 is 0 Å². The third-order valence-electron chi connectivity index (χ3n) is 5.24. The molecule has 3 aliphatic rings. The largest absolute Gasteiger partial charge is 0.325 e. The average Bonchev–Trinajstić information content (AvgIpc) is 3.01. The molecule has 0 bridgehead atoms. The van der Waals surface area contributed by atoms with Crippen LogP contribution in [0.2, 0.25) is 0 Å². The molecule has 0 aromatic carbocycles. The summed E-state index contributed by atoms with van der Waals surface area (Å²) < 4.78 is 0. The van der Waals surface area contributed by atoms with E-state index in [1.54, 1.807) is 0 Å². The summed E-state index contributed by atoms with van der Waals surface area (Å²) in [5, 5.41) is 0. The highest BCUT2D eigenvalue weighted by Crippen LogP contribution is 2.32. The Hall–Kier alpha value is -1.06. The van der Waals surface area contributed by atoms with Crippen LogP contribution in [0.15, 0.2) is 0 Å². The first-order valence-electron chi connectivity index (χ1n) is 8.35. The van der Waals surface area contributed by atoms with Crippen molar-refractivity contribution in [2.24, 2.45) is 5.92 Å². The number of carbonyl (C=O) groups excluding carboxylic acids is 2. The predicted molar refractivity (Wildman–Crippen MR) is 77.5 cm³/mol. The molecular formula is C16H26N2O2. The molecule has 112 valence electrons. The van der Waals surface area contributed by atoms with Gasteiger partial charge in [-0.15, -0.1) is 0 Å². The van der Waals surface area contributed by atoms with Crippen LogP contribution in [0.25, 0.3) is 0 Å². The first-order chi connectivity index (χ1) is 9.77. The second-order valence-electron chi connectivity index (χ2n) is 6.55. The number of nitrogens with zero attached hydrogens (tertiary/aromatic N) is 2. The Morgan fingerprint density at radius 3 is 2.35 bits per heavy atom. The third-order valence-corrected chi connectivity index (χ3v) is 5.24. The second-order valence-corrected chi connectivity index (χ2v) is 6.55. The van der Waals surface area contributed by atoms with E-state index in [1.807, 2.05) is 9.80 Å². The Morgan fingerprint density at radius 2 is 1.60 bits per heavy atom. The van der Waals surface area contributed by atoms with E-state index in [0.29, 0.717) is 5.78 Å². The first-order valence-corrected chi connectivity index (χ1v) is 8.35. The lowest BCUT2D eigenvalue weighted by molar-refractivity contribution is -0.127. The zero-order valence-corrected chi connectivity index (χ0v) is 12.4. The van der Waals surface area contributed by atoms with Gasteiger partial charge in [0, 0.05) is 38.0 Å². The van der Waals surface area contributed by atoms with Crippen molar-refractivity contribution < 1.29 is 9.59 Å². The van der Waals surface area contributed by atoms with Crippen LogP contribution in [0.4, 0.5) is 4.79 Å². The molecule has 20 heavy (non-hydrogen) atoms. The van der Waals surface area contributed by atoms with E-state index in [2.05, 4.69) is 0 Å². The Morgan fingerprint density at radius 1 is 0.900 bits per heavy atom. The minimum atomic E-state index is 0.121. The molecular weight excluding hydrogens is 252 g/mol. The number of hydrogen-bond acceptors (Lipinski definition) is 2. The molecule has 0 aromatic rings. The fourth-order valence-electron chi connectivity index (χ4n) is 4.12. The minimum absolute atomic E-state index is 0.121. The molecule has 0 radical (unpaired) electrons. The molecule has 3 rings (SSSR count). The minimum Gasteiger partial charge on any atom is -0.325 e. The maximum atomic E-state index is 12.7. The van der Waals surface area contributed by atoms with Gasteiger partial charge in [0.1, 0.15) is 5.78 Å². The topological polar surface area (TPSA) is 40.6 Å². The number of rotatable bonds is 1. The van der Waals surface area contributed by atoms with E-state index in [4.69, 9.17) is 0 Å². The molecule has 0 N–H and O–H groups in total.